The Bertz CT molecular complexity index is 502. The minimum atomic E-state index is -3.32. The van der Waals surface area contributed by atoms with Crippen LogP contribution in [0.5, 0.6) is 0 Å². The Morgan fingerprint density at radius 2 is 1.84 bits per heavy atom. The summed E-state index contributed by atoms with van der Waals surface area (Å²) in [6, 6.07) is 4.17. The van der Waals surface area contributed by atoms with Crippen LogP contribution in [0, 0.1) is 6.92 Å². The molecular weight excluding hydrogens is 280 g/mol. The van der Waals surface area contributed by atoms with Gasteiger partial charge in [0.15, 0.2) is 0 Å². The zero-order valence-electron chi connectivity index (χ0n) is 11.5. The number of hydrogen-bond acceptors (Lipinski definition) is 4. The lowest BCUT2D eigenvalue weighted by Crippen LogP contribution is -2.41. The summed E-state index contributed by atoms with van der Waals surface area (Å²) in [6.45, 7) is 5.01. The van der Waals surface area contributed by atoms with Crippen molar-refractivity contribution in [1.82, 2.24) is 10.0 Å². The molecule has 1 aromatic heterocycles. The third kappa shape index (κ3) is 4.02. The monoisotopic (exact) mass is 302 g/mol. The van der Waals surface area contributed by atoms with E-state index in [1.807, 2.05) is 13.0 Å². The number of nitrogens with one attached hydrogen (secondary N) is 2. The van der Waals surface area contributed by atoms with Crippen molar-refractivity contribution in [2.45, 2.75) is 55.8 Å². The van der Waals surface area contributed by atoms with Gasteiger partial charge in [-0.3, -0.25) is 0 Å². The molecule has 0 aromatic carbocycles. The molecule has 0 spiro atoms. The number of hydrogen-bond donors (Lipinski definition) is 2. The summed E-state index contributed by atoms with van der Waals surface area (Å²) < 4.78 is 27.7. The second-order valence-corrected chi connectivity index (χ2v) is 8.32. The molecule has 1 aromatic rings. The molecule has 0 aliphatic heterocycles. The molecule has 108 valence electrons. The van der Waals surface area contributed by atoms with E-state index in [1.165, 1.54) is 11.3 Å². The first-order chi connectivity index (χ1) is 9.01. The second kappa shape index (κ2) is 6.35. The highest BCUT2D eigenvalue weighted by Gasteiger charge is 2.25. The maximum Gasteiger partial charge on any atom is 0.250 e. The summed E-state index contributed by atoms with van der Waals surface area (Å²) >= 11 is 1.33. The predicted octanol–water partition coefficient (Wildman–Crippen LogP) is 2.26. The first-order valence-corrected chi connectivity index (χ1v) is 9.13. The highest BCUT2D eigenvalue weighted by molar-refractivity contribution is 7.91. The van der Waals surface area contributed by atoms with Crippen LogP contribution in [0.25, 0.3) is 0 Å². The zero-order valence-corrected chi connectivity index (χ0v) is 13.1. The van der Waals surface area contributed by atoms with Gasteiger partial charge in [0.1, 0.15) is 4.21 Å². The Hall–Kier alpha value is -0.430. The van der Waals surface area contributed by atoms with Gasteiger partial charge >= 0.3 is 0 Å². The summed E-state index contributed by atoms with van der Waals surface area (Å²) in [6.07, 6.45) is 3.93. The molecular formula is C13H22N2O2S2. The topological polar surface area (TPSA) is 58.2 Å². The van der Waals surface area contributed by atoms with Crippen molar-refractivity contribution < 1.29 is 8.42 Å². The van der Waals surface area contributed by atoms with E-state index in [1.54, 1.807) is 6.07 Å². The fourth-order valence-corrected chi connectivity index (χ4v) is 5.14. The van der Waals surface area contributed by atoms with Gasteiger partial charge < -0.3 is 5.32 Å². The number of aryl methyl sites for hydroxylation is 1. The van der Waals surface area contributed by atoms with E-state index in [-0.39, 0.29) is 6.04 Å². The van der Waals surface area contributed by atoms with Crippen molar-refractivity contribution >= 4 is 21.4 Å². The van der Waals surface area contributed by atoms with E-state index >= 15 is 0 Å². The van der Waals surface area contributed by atoms with Gasteiger partial charge in [0.25, 0.3) is 0 Å². The third-order valence-electron chi connectivity index (χ3n) is 3.52. The van der Waals surface area contributed by atoms with E-state index < -0.39 is 10.0 Å². The largest absolute Gasteiger partial charge is 0.314 e. The molecule has 0 amide bonds. The smallest absolute Gasteiger partial charge is 0.250 e. The lowest BCUT2D eigenvalue weighted by molar-refractivity contribution is 0.333. The summed E-state index contributed by atoms with van der Waals surface area (Å²) in [5.41, 5.74) is 0. The molecule has 0 radical (unpaired) electrons. The molecule has 0 atom stereocenters. The van der Waals surface area contributed by atoms with E-state index in [2.05, 4.69) is 17.0 Å². The molecule has 2 N–H and O–H groups in total. The molecule has 1 saturated carbocycles. The average Bonchev–Trinajstić information content (AvgIpc) is 2.79. The van der Waals surface area contributed by atoms with Crippen LogP contribution in [0.4, 0.5) is 0 Å². The van der Waals surface area contributed by atoms with Crippen LogP contribution >= 0.6 is 11.3 Å². The lowest BCUT2D eigenvalue weighted by Gasteiger charge is -2.29. The summed E-state index contributed by atoms with van der Waals surface area (Å²) in [5, 5.41) is 3.43. The maximum atomic E-state index is 12.2. The lowest BCUT2D eigenvalue weighted by atomic mass is 9.92. The van der Waals surface area contributed by atoms with Crippen molar-refractivity contribution in [3.05, 3.63) is 17.0 Å². The van der Waals surface area contributed by atoms with Crippen molar-refractivity contribution in [2.75, 3.05) is 6.54 Å². The first-order valence-electron chi connectivity index (χ1n) is 6.83. The van der Waals surface area contributed by atoms with Crippen LogP contribution in [0.3, 0.4) is 0 Å². The minimum Gasteiger partial charge on any atom is -0.314 e. The van der Waals surface area contributed by atoms with Gasteiger partial charge in [-0.15, -0.1) is 11.3 Å². The fourth-order valence-electron chi connectivity index (χ4n) is 2.54. The Balaban J connectivity index is 1.92. The SMILES string of the molecule is CCNC1CCC(NS(=O)(=O)c2ccc(C)s2)CC1. The summed E-state index contributed by atoms with van der Waals surface area (Å²) in [4.78, 5) is 1.02. The van der Waals surface area contributed by atoms with Crippen LogP contribution < -0.4 is 10.0 Å². The van der Waals surface area contributed by atoms with Crippen LogP contribution in [-0.2, 0) is 10.0 Å². The summed E-state index contributed by atoms with van der Waals surface area (Å²) in [5.74, 6) is 0. The van der Waals surface area contributed by atoms with E-state index in [9.17, 15) is 8.42 Å². The standard InChI is InChI=1S/C13H22N2O2S2/c1-3-14-11-5-7-12(8-6-11)15-19(16,17)13-9-4-10(2)18-13/h4,9,11-12,14-15H,3,5-8H2,1-2H3. The average molecular weight is 302 g/mol. The Morgan fingerprint density at radius 3 is 2.37 bits per heavy atom. The van der Waals surface area contributed by atoms with Gasteiger partial charge in [0.05, 0.1) is 0 Å². The molecule has 1 aliphatic rings. The van der Waals surface area contributed by atoms with Crippen LogP contribution in [0.1, 0.15) is 37.5 Å². The Kier molecular flexibility index (Phi) is 5.00. The zero-order chi connectivity index (χ0) is 13.9. The molecule has 6 heteroatoms. The molecule has 4 nitrogen and oxygen atoms in total. The van der Waals surface area contributed by atoms with Crippen LogP contribution in [0.2, 0.25) is 0 Å². The predicted molar refractivity (Wildman–Crippen MR) is 79.1 cm³/mol. The number of rotatable bonds is 5. The second-order valence-electron chi connectivity index (χ2n) is 5.09. The van der Waals surface area contributed by atoms with E-state index in [0.717, 1.165) is 37.1 Å². The van der Waals surface area contributed by atoms with Gasteiger partial charge in [0, 0.05) is 17.0 Å². The van der Waals surface area contributed by atoms with E-state index in [0.29, 0.717) is 10.3 Å². The molecule has 1 fully saturated rings. The molecule has 0 bridgehead atoms. The Morgan fingerprint density at radius 1 is 1.21 bits per heavy atom. The Labute approximate surface area is 119 Å². The maximum absolute atomic E-state index is 12.2. The molecule has 0 unspecified atom stereocenters. The van der Waals surface area contributed by atoms with Gasteiger partial charge in [-0.25, -0.2) is 13.1 Å². The van der Waals surface area contributed by atoms with Gasteiger partial charge in [-0.1, -0.05) is 6.92 Å². The van der Waals surface area contributed by atoms with Crippen molar-refractivity contribution in [3.63, 3.8) is 0 Å². The third-order valence-corrected chi connectivity index (χ3v) is 6.54. The fraction of sp³-hybridized carbons (Fsp3) is 0.692. The van der Waals surface area contributed by atoms with Gasteiger partial charge in [-0.2, -0.15) is 0 Å². The van der Waals surface area contributed by atoms with Crippen molar-refractivity contribution in [2.24, 2.45) is 0 Å². The number of sulfonamides is 1. The molecule has 1 aliphatic carbocycles. The quantitative estimate of drug-likeness (QED) is 0.877. The minimum absolute atomic E-state index is 0.0855. The van der Waals surface area contributed by atoms with Gasteiger partial charge in [0.2, 0.25) is 10.0 Å². The molecule has 1 heterocycles. The van der Waals surface area contributed by atoms with Crippen molar-refractivity contribution in [1.29, 1.82) is 0 Å². The van der Waals surface area contributed by atoms with Crippen LogP contribution in [-0.4, -0.2) is 27.0 Å². The highest BCUT2D eigenvalue weighted by Crippen LogP contribution is 2.24. The highest BCUT2D eigenvalue weighted by atomic mass is 32.2. The summed E-state index contributed by atoms with van der Waals surface area (Å²) in [7, 11) is -3.32. The first kappa shape index (κ1) is 15.0. The van der Waals surface area contributed by atoms with Crippen molar-refractivity contribution in [3.8, 4) is 0 Å². The van der Waals surface area contributed by atoms with E-state index in [4.69, 9.17) is 0 Å². The van der Waals surface area contributed by atoms with Gasteiger partial charge in [-0.05, 0) is 51.3 Å². The molecule has 0 saturated heterocycles. The number of thiophene rings is 1. The van der Waals surface area contributed by atoms with Crippen LogP contribution in [0.15, 0.2) is 16.3 Å². The molecule has 2 rings (SSSR count). The normalized spacial score (nSPS) is 24.5. The molecule has 19 heavy (non-hydrogen) atoms.